The van der Waals surface area contributed by atoms with Crippen molar-refractivity contribution < 1.29 is 14.2 Å². The number of rotatable bonds is 8. The maximum Gasteiger partial charge on any atom is 0.161 e. The summed E-state index contributed by atoms with van der Waals surface area (Å²) >= 11 is 0. The van der Waals surface area contributed by atoms with Gasteiger partial charge in [0.1, 0.15) is 6.10 Å². The zero-order valence-corrected chi connectivity index (χ0v) is 12.4. The Hall–Kier alpha value is -1.26. The first-order valence-electron chi connectivity index (χ1n) is 7.50. The number of benzene rings is 1. The lowest BCUT2D eigenvalue weighted by atomic mass is 10.2. The fourth-order valence-electron chi connectivity index (χ4n) is 2.33. The van der Waals surface area contributed by atoms with Crippen LogP contribution in [0.1, 0.15) is 26.7 Å². The van der Waals surface area contributed by atoms with Gasteiger partial charge in [-0.15, -0.1) is 0 Å². The SMILES string of the molecule is CCOc1ccccc1OC(C)CNCC1CCCO1. The number of hydrogen-bond donors (Lipinski definition) is 1. The Balaban J connectivity index is 1.74. The van der Waals surface area contributed by atoms with Gasteiger partial charge in [0, 0.05) is 19.7 Å². The van der Waals surface area contributed by atoms with Crippen LogP contribution in [0.5, 0.6) is 11.5 Å². The van der Waals surface area contributed by atoms with Crippen LogP contribution in [0, 0.1) is 0 Å². The standard InChI is InChI=1S/C16H25NO3/c1-3-18-15-8-4-5-9-16(15)20-13(2)11-17-12-14-7-6-10-19-14/h4-5,8-9,13-14,17H,3,6-7,10-12H2,1-2H3. The van der Waals surface area contributed by atoms with Crippen molar-refractivity contribution >= 4 is 0 Å². The van der Waals surface area contributed by atoms with Gasteiger partial charge in [-0.05, 0) is 38.8 Å². The quantitative estimate of drug-likeness (QED) is 0.794. The van der Waals surface area contributed by atoms with E-state index in [0.717, 1.165) is 37.6 Å². The maximum atomic E-state index is 5.93. The zero-order chi connectivity index (χ0) is 14.2. The van der Waals surface area contributed by atoms with Crippen LogP contribution in [-0.4, -0.2) is 38.5 Å². The lowest BCUT2D eigenvalue weighted by Crippen LogP contribution is -2.34. The summed E-state index contributed by atoms with van der Waals surface area (Å²) in [5.41, 5.74) is 0. The van der Waals surface area contributed by atoms with Crippen LogP contribution in [0.25, 0.3) is 0 Å². The molecular formula is C16H25NO3. The highest BCUT2D eigenvalue weighted by molar-refractivity contribution is 5.39. The molecule has 1 aliphatic heterocycles. The van der Waals surface area contributed by atoms with E-state index < -0.39 is 0 Å². The molecule has 2 rings (SSSR count). The van der Waals surface area contributed by atoms with E-state index in [-0.39, 0.29) is 6.10 Å². The molecule has 4 nitrogen and oxygen atoms in total. The predicted molar refractivity (Wildman–Crippen MR) is 79.5 cm³/mol. The molecule has 0 bridgehead atoms. The molecule has 0 radical (unpaired) electrons. The minimum Gasteiger partial charge on any atom is -0.490 e. The minimum atomic E-state index is 0.0954. The van der Waals surface area contributed by atoms with E-state index in [2.05, 4.69) is 12.2 Å². The summed E-state index contributed by atoms with van der Waals surface area (Å²) in [5, 5.41) is 3.41. The van der Waals surface area contributed by atoms with Crippen molar-refractivity contribution in [3.8, 4) is 11.5 Å². The Labute approximate surface area is 121 Å². The fourth-order valence-corrected chi connectivity index (χ4v) is 2.33. The molecule has 0 saturated carbocycles. The smallest absolute Gasteiger partial charge is 0.161 e. The average molecular weight is 279 g/mol. The first-order chi connectivity index (χ1) is 9.79. The highest BCUT2D eigenvalue weighted by atomic mass is 16.5. The molecule has 0 aromatic heterocycles. The van der Waals surface area contributed by atoms with E-state index in [9.17, 15) is 0 Å². The van der Waals surface area contributed by atoms with Crippen molar-refractivity contribution in [2.45, 2.75) is 38.9 Å². The molecule has 112 valence electrons. The molecule has 1 fully saturated rings. The Bertz CT molecular complexity index is 391. The lowest BCUT2D eigenvalue weighted by molar-refractivity contribution is 0.106. The Morgan fingerprint density at radius 2 is 2.15 bits per heavy atom. The predicted octanol–water partition coefficient (Wildman–Crippen LogP) is 2.62. The second-order valence-electron chi connectivity index (χ2n) is 5.10. The summed E-state index contributed by atoms with van der Waals surface area (Å²) in [5.74, 6) is 1.61. The van der Waals surface area contributed by atoms with E-state index in [0.29, 0.717) is 12.7 Å². The van der Waals surface area contributed by atoms with E-state index in [1.165, 1.54) is 6.42 Å². The number of nitrogens with one attached hydrogen (secondary N) is 1. The van der Waals surface area contributed by atoms with Crippen molar-refractivity contribution in [2.75, 3.05) is 26.3 Å². The molecule has 4 heteroatoms. The van der Waals surface area contributed by atoms with Gasteiger partial charge in [0.2, 0.25) is 0 Å². The van der Waals surface area contributed by atoms with E-state index in [1.807, 2.05) is 31.2 Å². The first kappa shape index (κ1) is 15.1. The molecule has 1 N–H and O–H groups in total. The monoisotopic (exact) mass is 279 g/mol. The van der Waals surface area contributed by atoms with Gasteiger partial charge >= 0.3 is 0 Å². The fraction of sp³-hybridized carbons (Fsp3) is 0.625. The van der Waals surface area contributed by atoms with Gasteiger partial charge in [-0.1, -0.05) is 12.1 Å². The van der Waals surface area contributed by atoms with Crippen molar-refractivity contribution in [3.05, 3.63) is 24.3 Å². The normalized spacial score (nSPS) is 19.8. The summed E-state index contributed by atoms with van der Waals surface area (Å²) in [6.45, 7) is 7.29. The van der Waals surface area contributed by atoms with Gasteiger partial charge in [0.25, 0.3) is 0 Å². The third kappa shape index (κ3) is 4.69. The molecule has 1 aliphatic rings. The van der Waals surface area contributed by atoms with Gasteiger partial charge in [-0.3, -0.25) is 0 Å². The van der Waals surface area contributed by atoms with Gasteiger partial charge < -0.3 is 19.5 Å². The second kappa shape index (κ2) is 8.12. The summed E-state index contributed by atoms with van der Waals surface area (Å²) < 4.78 is 17.1. The maximum absolute atomic E-state index is 5.93. The van der Waals surface area contributed by atoms with Crippen LogP contribution in [0.4, 0.5) is 0 Å². The molecule has 20 heavy (non-hydrogen) atoms. The van der Waals surface area contributed by atoms with Gasteiger partial charge in [-0.25, -0.2) is 0 Å². The number of ether oxygens (including phenoxy) is 3. The molecule has 2 atom stereocenters. The van der Waals surface area contributed by atoms with Gasteiger partial charge in [0.15, 0.2) is 11.5 Å². The molecular weight excluding hydrogens is 254 g/mol. The zero-order valence-electron chi connectivity index (χ0n) is 12.4. The summed E-state index contributed by atoms with van der Waals surface area (Å²) in [7, 11) is 0. The van der Waals surface area contributed by atoms with Crippen molar-refractivity contribution in [1.82, 2.24) is 5.32 Å². The Morgan fingerprint density at radius 3 is 2.85 bits per heavy atom. The van der Waals surface area contributed by atoms with Crippen molar-refractivity contribution in [2.24, 2.45) is 0 Å². The molecule has 2 unspecified atom stereocenters. The summed E-state index contributed by atoms with van der Waals surface area (Å²) in [6.07, 6.45) is 2.81. The van der Waals surface area contributed by atoms with Gasteiger partial charge in [0.05, 0.1) is 12.7 Å². The molecule has 1 saturated heterocycles. The van der Waals surface area contributed by atoms with E-state index in [1.54, 1.807) is 0 Å². The van der Waals surface area contributed by atoms with E-state index >= 15 is 0 Å². The molecule has 0 spiro atoms. The molecule has 0 aliphatic carbocycles. The van der Waals surface area contributed by atoms with Crippen LogP contribution in [0.2, 0.25) is 0 Å². The topological polar surface area (TPSA) is 39.7 Å². The number of hydrogen-bond acceptors (Lipinski definition) is 4. The highest BCUT2D eigenvalue weighted by Crippen LogP contribution is 2.27. The number of para-hydroxylation sites is 2. The third-order valence-corrected chi connectivity index (χ3v) is 3.30. The highest BCUT2D eigenvalue weighted by Gasteiger charge is 2.15. The summed E-state index contributed by atoms with van der Waals surface area (Å²) in [6, 6.07) is 7.80. The third-order valence-electron chi connectivity index (χ3n) is 3.30. The minimum absolute atomic E-state index is 0.0954. The van der Waals surface area contributed by atoms with Crippen molar-refractivity contribution in [1.29, 1.82) is 0 Å². The Kier molecular flexibility index (Phi) is 6.15. The van der Waals surface area contributed by atoms with Crippen molar-refractivity contribution in [3.63, 3.8) is 0 Å². The second-order valence-corrected chi connectivity index (χ2v) is 5.10. The van der Waals surface area contributed by atoms with Gasteiger partial charge in [-0.2, -0.15) is 0 Å². The van der Waals surface area contributed by atoms with Crippen LogP contribution in [0.15, 0.2) is 24.3 Å². The summed E-state index contributed by atoms with van der Waals surface area (Å²) in [4.78, 5) is 0. The molecule has 1 aromatic rings. The molecule has 0 amide bonds. The van der Waals surface area contributed by atoms with Crippen LogP contribution < -0.4 is 14.8 Å². The average Bonchev–Trinajstić information content (AvgIpc) is 2.94. The van der Waals surface area contributed by atoms with Crippen LogP contribution >= 0.6 is 0 Å². The van der Waals surface area contributed by atoms with E-state index in [4.69, 9.17) is 14.2 Å². The largest absolute Gasteiger partial charge is 0.490 e. The first-order valence-corrected chi connectivity index (χ1v) is 7.50. The molecule has 1 aromatic carbocycles. The Morgan fingerprint density at radius 1 is 1.35 bits per heavy atom. The lowest BCUT2D eigenvalue weighted by Gasteiger charge is -2.19. The molecule has 1 heterocycles. The van der Waals surface area contributed by atoms with Crippen LogP contribution in [-0.2, 0) is 4.74 Å². The van der Waals surface area contributed by atoms with Crippen LogP contribution in [0.3, 0.4) is 0 Å².